The molecule has 3 rings (SSSR count). The first-order valence-corrected chi connectivity index (χ1v) is 13.9. The van der Waals surface area contributed by atoms with Crippen LogP contribution in [0.4, 0.5) is 0 Å². The number of allylic oxidation sites excluding steroid dienone is 1. The first kappa shape index (κ1) is 30.3. The van der Waals surface area contributed by atoms with E-state index in [1.165, 1.54) is 58.0 Å². The Hall–Kier alpha value is -1.93. The summed E-state index contributed by atoms with van der Waals surface area (Å²) in [4.78, 5) is 33.5. The van der Waals surface area contributed by atoms with Gasteiger partial charge in [0.1, 0.15) is 6.10 Å². The Kier molecular flexibility index (Phi) is 12.4. The average Bonchev–Trinajstić information content (AvgIpc) is 3.12. The number of unbranched alkanes of at least 4 members (excludes halogenated alkanes) is 2. The summed E-state index contributed by atoms with van der Waals surface area (Å²) in [6, 6.07) is 0. The fourth-order valence-corrected chi connectivity index (χ4v) is 6.07. The van der Waals surface area contributed by atoms with Crippen molar-refractivity contribution in [2.24, 2.45) is 23.2 Å². The van der Waals surface area contributed by atoms with Gasteiger partial charge in [-0.3, -0.25) is 4.79 Å². The number of rotatable bonds is 12. The van der Waals surface area contributed by atoms with Gasteiger partial charge in [-0.2, -0.15) is 0 Å². The highest BCUT2D eigenvalue weighted by atomic mass is 16.6. The van der Waals surface area contributed by atoms with Gasteiger partial charge in [0.25, 0.3) is 0 Å². The Balaban J connectivity index is 0.000000678. The molecule has 0 spiro atoms. The van der Waals surface area contributed by atoms with Crippen molar-refractivity contribution in [3.8, 4) is 0 Å². The van der Waals surface area contributed by atoms with Crippen LogP contribution in [0.5, 0.6) is 0 Å². The van der Waals surface area contributed by atoms with E-state index in [1.807, 2.05) is 0 Å². The van der Waals surface area contributed by atoms with Crippen LogP contribution in [0.15, 0.2) is 11.6 Å². The fraction of sp³-hybridized carbons (Fsp3) is 0.821. The number of carboxylic acids is 2. The molecule has 1 heterocycles. The third kappa shape index (κ3) is 8.58. The SMILES string of the molecule is CCCCN(CCCC)CCCNCC1C(=O)O[C@@H]2C[C@@]3(C)CCC[C@H](C)C3=C[C@H]12.O=C(O)C(=O)O. The third-order valence-electron chi connectivity index (χ3n) is 8.11. The minimum atomic E-state index is -1.82. The second-order valence-electron chi connectivity index (χ2n) is 11.1. The minimum Gasteiger partial charge on any atom is -0.473 e. The summed E-state index contributed by atoms with van der Waals surface area (Å²) in [7, 11) is 0. The van der Waals surface area contributed by atoms with Gasteiger partial charge < -0.3 is 25.2 Å². The summed E-state index contributed by atoms with van der Waals surface area (Å²) < 4.78 is 5.88. The van der Waals surface area contributed by atoms with Crippen molar-refractivity contribution in [1.29, 1.82) is 0 Å². The lowest BCUT2D eigenvalue weighted by atomic mass is 9.59. The molecule has 8 heteroatoms. The van der Waals surface area contributed by atoms with Crippen LogP contribution >= 0.6 is 0 Å². The first-order chi connectivity index (χ1) is 17.1. The molecule has 5 atom stereocenters. The number of carbonyl (C=O) groups excluding carboxylic acids is 1. The summed E-state index contributed by atoms with van der Waals surface area (Å²) in [6.45, 7) is 14.7. The minimum absolute atomic E-state index is 0.00235. The van der Waals surface area contributed by atoms with Gasteiger partial charge in [0, 0.05) is 12.5 Å². The Morgan fingerprint density at radius 1 is 1.11 bits per heavy atom. The van der Waals surface area contributed by atoms with Gasteiger partial charge in [0.15, 0.2) is 0 Å². The number of fused-ring (bicyclic) bond motifs is 2. The molecule has 0 amide bonds. The van der Waals surface area contributed by atoms with Crippen LogP contribution < -0.4 is 5.32 Å². The van der Waals surface area contributed by atoms with E-state index in [-0.39, 0.29) is 29.3 Å². The molecule has 8 nitrogen and oxygen atoms in total. The number of nitrogens with zero attached hydrogens (tertiary/aromatic N) is 1. The van der Waals surface area contributed by atoms with Crippen molar-refractivity contribution in [2.75, 3.05) is 32.7 Å². The lowest BCUT2D eigenvalue weighted by Crippen LogP contribution is -2.40. The molecule has 36 heavy (non-hydrogen) atoms. The van der Waals surface area contributed by atoms with Crippen LogP contribution in [-0.2, 0) is 19.1 Å². The molecule has 1 saturated carbocycles. The Morgan fingerprint density at radius 3 is 2.31 bits per heavy atom. The second-order valence-corrected chi connectivity index (χ2v) is 11.1. The highest BCUT2D eigenvalue weighted by Crippen LogP contribution is 2.53. The van der Waals surface area contributed by atoms with Crippen molar-refractivity contribution < 1.29 is 29.3 Å². The number of hydrogen-bond acceptors (Lipinski definition) is 6. The average molecular weight is 509 g/mol. The number of nitrogens with one attached hydrogen (secondary N) is 1. The predicted octanol–water partition coefficient (Wildman–Crippen LogP) is 4.34. The van der Waals surface area contributed by atoms with Gasteiger partial charge in [-0.1, -0.05) is 58.6 Å². The summed E-state index contributed by atoms with van der Waals surface area (Å²) in [5.74, 6) is -2.69. The Labute approximate surface area is 216 Å². The standard InChI is InChI=1S/C26H46N2O2.C2H2O4/c1-5-7-14-28(15-8-6-2)16-10-13-27-19-22-21-17-23-20(3)11-9-12-26(23,4)18-24(21)30-25(22)29;3-1(4)2(5)6/h17,20-22,24,27H,5-16,18-19H2,1-4H3;(H,3,4)(H,5,6)/t20-,21+,22?,24+,26+;/m0./s1. The van der Waals surface area contributed by atoms with E-state index in [0.29, 0.717) is 5.92 Å². The molecule has 0 bridgehead atoms. The maximum atomic E-state index is 12.6. The molecule has 2 fully saturated rings. The lowest BCUT2D eigenvalue weighted by Gasteiger charge is -2.46. The lowest BCUT2D eigenvalue weighted by molar-refractivity contribution is -0.159. The number of esters is 1. The van der Waals surface area contributed by atoms with E-state index in [4.69, 9.17) is 24.5 Å². The van der Waals surface area contributed by atoms with Crippen LogP contribution in [0, 0.1) is 23.2 Å². The fourth-order valence-electron chi connectivity index (χ4n) is 6.07. The molecule has 206 valence electrons. The third-order valence-corrected chi connectivity index (χ3v) is 8.11. The molecule has 2 aliphatic carbocycles. The van der Waals surface area contributed by atoms with E-state index in [0.717, 1.165) is 32.5 Å². The number of aliphatic carboxylic acids is 2. The number of carbonyl (C=O) groups is 3. The summed E-state index contributed by atoms with van der Waals surface area (Å²) in [5.41, 5.74) is 1.86. The molecule has 3 N–H and O–H groups in total. The highest BCUT2D eigenvalue weighted by molar-refractivity contribution is 6.27. The normalized spacial score (nSPS) is 28.9. The summed E-state index contributed by atoms with van der Waals surface area (Å²) in [5, 5.41) is 18.4. The molecule has 3 aliphatic rings. The molecule has 0 aromatic heterocycles. The Morgan fingerprint density at radius 2 is 1.72 bits per heavy atom. The summed E-state index contributed by atoms with van der Waals surface area (Å²) >= 11 is 0. The largest absolute Gasteiger partial charge is 0.473 e. The van der Waals surface area contributed by atoms with Gasteiger partial charge >= 0.3 is 17.9 Å². The van der Waals surface area contributed by atoms with E-state index >= 15 is 0 Å². The van der Waals surface area contributed by atoms with Crippen molar-refractivity contribution in [1.82, 2.24) is 10.2 Å². The van der Waals surface area contributed by atoms with Crippen LogP contribution in [0.1, 0.15) is 85.5 Å². The van der Waals surface area contributed by atoms with Crippen LogP contribution in [0.2, 0.25) is 0 Å². The zero-order chi connectivity index (χ0) is 26.7. The second kappa shape index (κ2) is 14.7. The molecule has 0 radical (unpaired) electrons. The van der Waals surface area contributed by atoms with Crippen molar-refractivity contribution in [3.05, 3.63) is 11.6 Å². The smallest absolute Gasteiger partial charge is 0.414 e. The van der Waals surface area contributed by atoms with Crippen LogP contribution in [0.3, 0.4) is 0 Å². The molecule has 1 saturated heterocycles. The van der Waals surface area contributed by atoms with Crippen LogP contribution in [-0.4, -0.2) is 71.8 Å². The van der Waals surface area contributed by atoms with E-state index in [2.05, 4.69) is 44.0 Å². The maximum Gasteiger partial charge on any atom is 0.414 e. The number of ether oxygens (including phenoxy) is 1. The molecule has 0 aromatic carbocycles. The van der Waals surface area contributed by atoms with Gasteiger partial charge in [-0.15, -0.1) is 0 Å². The van der Waals surface area contributed by atoms with E-state index < -0.39 is 11.9 Å². The van der Waals surface area contributed by atoms with Crippen molar-refractivity contribution in [3.63, 3.8) is 0 Å². The maximum absolute atomic E-state index is 12.6. The zero-order valence-electron chi connectivity index (χ0n) is 22.8. The monoisotopic (exact) mass is 508 g/mol. The highest BCUT2D eigenvalue weighted by Gasteiger charge is 2.51. The van der Waals surface area contributed by atoms with Gasteiger partial charge in [-0.05, 0) is 76.0 Å². The van der Waals surface area contributed by atoms with Gasteiger partial charge in [0.05, 0.1) is 5.92 Å². The molecular formula is C28H48N2O6. The molecule has 1 unspecified atom stereocenters. The predicted molar refractivity (Wildman–Crippen MR) is 140 cm³/mol. The van der Waals surface area contributed by atoms with Crippen LogP contribution in [0.25, 0.3) is 0 Å². The number of carboxylic acid groups (broad SMARTS) is 2. The zero-order valence-corrected chi connectivity index (χ0v) is 22.8. The molecular weight excluding hydrogens is 460 g/mol. The van der Waals surface area contributed by atoms with Crippen molar-refractivity contribution >= 4 is 17.9 Å². The number of hydrogen-bond donors (Lipinski definition) is 3. The summed E-state index contributed by atoms with van der Waals surface area (Å²) in [6.07, 6.45) is 13.7. The van der Waals surface area contributed by atoms with Gasteiger partial charge in [0.2, 0.25) is 0 Å². The Bertz CT molecular complexity index is 749. The quantitative estimate of drug-likeness (QED) is 0.154. The van der Waals surface area contributed by atoms with Crippen molar-refractivity contribution in [2.45, 2.75) is 91.6 Å². The van der Waals surface area contributed by atoms with E-state index in [9.17, 15) is 4.79 Å². The van der Waals surface area contributed by atoms with E-state index in [1.54, 1.807) is 5.57 Å². The molecule has 1 aliphatic heterocycles. The first-order valence-electron chi connectivity index (χ1n) is 13.9. The topological polar surface area (TPSA) is 116 Å². The van der Waals surface area contributed by atoms with Gasteiger partial charge in [-0.25, -0.2) is 9.59 Å². The molecule has 0 aromatic rings.